The molecule has 0 aromatic heterocycles. The van der Waals surface area contributed by atoms with Gasteiger partial charge >= 0.3 is 0 Å². The number of carbonyl (C=O) groups excluding carboxylic acids is 1. The van der Waals surface area contributed by atoms with Crippen LogP contribution in [0.1, 0.15) is 44.0 Å². The van der Waals surface area contributed by atoms with Crippen LogP contribution in [0.15, 0.2) is 28.7 Å². The molecule has 0 aliphatic heterocycles. The van der Waals surface area contributed by atoms with Crippen molar-refractivity contribution in [1.82, 2.24) is 5.32 Å². The van der Waals surface area contributed by atoms with Gasteiger partial charge in [0.05, 0.1) is 5.56 Å². The zero-order valence-corrected chi connectivity index (χ0v) is 12.3. The second kappa shape index (κ2) is 6.80. The summed E-state index contributed by atoms with van der Waals surface area (Å²) in [4.78, 5) is 12.1. The Balaban J connectivity index is 2.70. The second-order valence-electron chi connectivity index (χ2n) is 4.32. The molecule has 1 atom stereocenters. The van der Waals surface area contributed by atoms with Crippen LogP contribution in [0.5, 0.6) is 0 Å². The third-order valence-corrected chi connectivity index (χ3v) is 3.92. The maximum atomic E-state index is 12.1. The Labute approximate surface area is 112 Å². The van der Waals surface area contributed by atoms with Crippen LogP contribution in [-0.4, -0.2) is 11.9 Å². The highest BCUT2D eigenvalue weighted by atomic mass is 79.9. The van der Waals surface area contributed by atoms with Crippen molar-refractivity contribution in [1.29, 1.82) is 0 Å². The van der Waals surface area contributed by atoms with E-state index in [0.29, 0.717) is 11.5 Å². The Morgan fingerprint density at radius 3 is 2.41 bits per heavy atom. The normalized spacial score (nSPS) is 12.5. The van der Waals surface area contributed by atoms with E-state index >= 15 is 0 Å². The van der Waals surface area contributed by atoms with Gasteiger partial charge in [-0.3, -0.25) is 4.79 Å². The van der Waals surface area contributed by atoms with Gasteiger partial charge in [-0.25, -0.2) is 0 Å². The molecule has 0 saturated heterocycles. The lowest BCUT2D eigenvalue weighted by atomic mass is 9.95. The van der Waals surface area contributed by atoms with Crippen LogP contribution >= 0.6 is 15.9 Å². The molecule has 0 bridgehead atoms. The summed E-state index contributed by atoms with van der Waals surface area (Å²) in [6.07, 6.45) is 2.18. The van der Waals surface area contributed by atoms with Crippen LogP contribution < -0.4 is 5.32 Å². The molecule has 94 valence electrons. The summed E-state index contributed by atoms with van der Waals surface area (Å²) in [6, 6.07) is 7.71. The van der Waals surface area contributed by atoms with Crippen molar-refractivity contribution >= 4 is 21.8 Å². The summed E-state index contributed by atoms with van der Waals surface area (Å²) in [6.45, 7) is 6.40. The molecule has 1 rings (SSSR count). The van der Waals surface area contributed by atoms with Gasteiger partial charge in [0, 0.05) is 10.5 Å². The molecule has 1 aromatic rings. The van der Waals surface area contributed by atoms with Gasteiger partial charge in [-0.05, 0) is 40.9 Å². The molecule has 0 aliphatic rings. The molecule has 1 aromatic carbocycles. The monoisotopic (exact) mass is 297 g/mol. The summed E-state index contributed by atoms with van der Waals surface area (Å²) in [5.74, 6) is 0.540. The molecular weight excluding hydrogens is 278 g/mol. The molecule has 0 fully saturated rings. The molecule has 1 amide bonds. The Morgan fingerprint density at radius 2 is 1.88 bits per heavy atom. The maximum absolute atomic E-state index is 12.1. The lowest BCUT2D eigenvalue weighted by molar-refractivity contribution is 0.0924. The molecule has 1 unspecified atom stereocenters. The van der Waals surface area contributed by atoms with E-state index in [4.69, 9.17) is 0 Å². The van der Waals surface area contributed by atoms with Crippen LogP contribution in [0.3, 0.4) is 0 Å². The number of carbonyl (C=O) groups is 1. The summed E-state index contributed by atoms with van der Waals surface area (Å²) >= 11 is 3.40. The molecule has 0 radical (unpaired) electrons. The van der Waals surface area contributed by atoms with E-state index in [0.717, 1.165) is 17.3 Å². The second-order valence-corrected chi connectivity index (χ2v) is 5.17. The fourth-order valence-electron chi connectivity index (χ4n) is 2.04. The van der Waals surface area contributed by atoms with E-state index in [1.165, 1.54) is 0 Å². The minimum atomic E-state index is -0.00289. The molecule has 0 saturated carbocycles. The quantitative estimate of drug-likeness (QED) is 0.874. The van der Waals surface area contributed by atoms with Crippen LogP contribution in [0.25, 0.3) is 0 Å². The van der Waals surface area contributed by atoms with Crippen molar-refractivity contribution in [2.24, 2.45) is 5.92 Å². The highest BCUT2D eigenvalue weighted by Gasteiger charge is 2.17. The Bertz CT molecular complexity index is 374. The zero-order chi connectivity index (χ0) is 12.8. The highest BCUT2D eigenvalue weighted by Crippen LogP contribution is 2.17. The smallest absolute Gasteiger partial charge is 0.252 e. The summed E-state index contributed by atoms with van der Waals surface area (Å²) in [5.41, 5.74) is 0.699. The number of hydrogen-bond acceptors (Lipinski definition) is 1. The fraction of sp³-hybridized carbons (Fsp3) is 0.500. The Hall–Kier alpha value is -0.830. The minimum Gasteiger partial charge on any atom is -0.349 e. The van der Waals surface area contributed by atoms with E-state index < -0.39 is 0 Å². The largest absolute Gasteiger partial charge is 0.349 e. The minimum absolute atomic E-state index is 0.00289. The van der Waals surface area contributed by atoms with Crippen LogP contribution in [0.2, 0.25) is 0 Å². The first-order chi connectivity index (χ1) is 8.10. The first-order valence-corrected chi connectivity index (χ1v) is 6.94. The SMILES string of the molecule is CCC(CC)C(C)NC(=O)c1ccccc1Br. The van der Waals surface area contributed by atoms with Gasteiger partial charge in [-0.15, -0.1) is 0 Å². The summed E-state index contributed by atoms with van der Waals surface area (Å²) < 4.78 is 0.842. The topological polar surface area (TPSA) is 29.1 Å². The molecule has 0 spiro atoms. The molecule has 1 N–H and O–H groups in total. The van der Waals surface area contributed by atoms with Gasteiger partial charge in [0.15, 0.2) is 0 Å². The Morgan fingerprint density at radius 1 is 1.29 bits per heavy atom. The van der Waals surface area contributed by atoms with Gasteiger partial charge < -0.3 is 5.32 Å². The first kappa shape index (κ1) is 14.2. The number of nitrogens with one attached hydrogen (secondary N) is 1. The number of rotatable bonds is 5. The van der Waals surface area contributed by atoms with Crippen molar-refractivity contribution < 1.29 is 4.79 Å². The van der Waals surface area contributed by atoms with E-state index in [1.807, 2.05) is 24.3 Å². The third kappa shape index (κ3) is 3.84. The van der Waals surface area contributed by atoms with Crippen LogP contribution in [0.4, 0.5) is 0 Å². The molecular formula is C14H20BrNO. The lowest BCUT2D eigenvalue weighted by Gasteiger charge is -2.22. The predicted molar refractivity (Wildman–Crippen MR) is 75.1 cm³/mol. The van der Waals surface area contributed by atoms with Crippen molar-refractivity contribution in [3.8, 4) is 0 Å². The Kier molecular flexibility index (Phi) is 5.69. The van der Waals surface area contributed by atoms with Crippen molar-refractivity contribution in [3.63, 3.8) is 0 Å². The van der Waals surface area contributed by atoms with Gasteiger partial charge in [-0.2, -0.15) is 0 Å². The average molecular weight is 298 g/mol. The highest BCUT2D eigenvalue weighted by molar-refractivity contribution is 9.10. The van der Waals surface area contributed by atoms with Crippen LogP contribution in [0, 0.1) is 5.92 Å². The standard InChI is InChI=1S/C14H20BrNO/c1-4-11(5-2)10(3)16-14(17)12-8-6-7-9-13(12)15/h6-11H,4-5H2,1-3H3,(H,16,17). The summed E-state index contributed by atoms with van der Waals surface area (Å²) in [5, 5.41) is 3.07. The van der Waals surface area contributed by atoms with Crippen molar-refractivity contribution in [2.45, 2.75) is 39.7 Å². The number of benzene rings is 1. The van der Waals surface area contributed by atoms with E-state index in [2.05, 4.69) is 42.0 Å². The molecule has 3 heteroatoms. The zero-order valence-electron chi connectivity index (χ0n) is 10.7. The van der Waals surface area contributed by atoms with Gasteiger partial charge in [0.2, 0.25) is 0 Å². The predicted octanol–water partition coefficient (Wildman–Crippen LogP) is 4.00. The number of hydrogen-bond donors (Lipinski definition) is 1. The number of halogens is 1. The number of amides is 1. The maximum Gasteiger partial charge on any atom is 0.252 e. The van der Waals surface area contributed by atoms with E-state index in [1.54, 1.807) is 0 Å². The van der Waals surface area contributed by atoms with Crippen molar-refractivity contribution in [3.05, 3.63) is 34.3 Å². The molecule has 17 heavy (non-hydrogen) atoms. The van der Waals surface area contributed by atoms with Gasteiger partial charge in [0.25, 0.3) is 5.91 Å². The molecule has 0 heterocycles. The van der Waals surface area contributed by atoms with Gasteiger partial charge in [0.1, 0.15) is 0 Å². The molecule has 0 aliphatic carbocycles. The van der Waals surface area contributed by atoms with E-state index in [9.17, 15) is 4.79 Å². The molecule has 2 nitrogen and oxygen atoms in total. The third-order valence-electron chi connectivity index (χ3n) is 3.23. The van der Waals surface area contributed by atoms with Crippen molar-refractivity contribution in [2.75, 3.05) is 0 Å². The van der Waals surface area contributed by atoms with E-state index in [-0.39, 0.29) is 11.9 Å². The lowest BCUT2D eigenvalue weighted by Crippen LogP contribution is -2.37. The van der Waals surface area contributed by atoms with Gasteiger partial charge in [-0.1, -0.05) is 38.8 Å². The fourth-order valence-corrected chi connectivity index (χ4v) is 2.51. The average Bonchev–Trinajstić information content (AvgIpc) is 2.31. The summed E-state index contributed by atoms with van der Waals surface area (Å²) in [7, 11) is 0. The van der Waals surface area contributed by atoms with Crippen LogP contribution in [-0.2, 0) is 0 Å². The first-order valence-electron chi connectivity index (χ1n) is 6.15.